The highest BCUT2D eigenvalue weighted by molar-refractivity contribution is 7.89. The second kappa shape index (κ2) is 7.86. The number of carbonyl (C=O) groups is 1. The van der Waals surface area contributed by atoms with Crippen LogP contribution in [0.25, 0.3) is 11.0 Å². The molecule has 0 bridgehead atoms. The van der Waals surface area contributed by atoms with Crippen molar-refractivity contribution < 1.29 is 22.4 Å². The highest BCUT2D eigenvalue weighted by atomic mass is 35.5. The number of fused-ring (bicyclic) bond motifs is 2. The van der Waals surface area contributed by atoms with Gasteiger partial charge in [0.1, 0.15) is 17.1 Å². The number of benzene rings is 2. The summed E-state index contributed by atoms with van der Waals surface area (Å²) in [4.78, 5) is 24.3. The van der Waals surface area contributed by atoms with E-state index in [0.717, 1.165) is 30.7 Å². The first-order chi connectivity index (χ1) is 14.3. The van der Waals surface area contributed by atoms with Crippen molar-refractivity contribution in [2.45, 2.75) is 30.8 Å². The highest BCUT2D eigenvalue weighted by Gasteiger charge is 2.20. The van der Waals surface area contributed by atoms with Crippen molar-refractivity contribution in [3.63, 3.8) is 0 Å². The molecule has 0 amide bonds. The molecule has 1 N–H and O–H groups in total. The standard InChI is InChI=1S/C21H18ClNO6S/c1-23-30(26,27)19-9-14(5-6-17(19)22)21(25)28-11-15-10-20(24)29-18-8-13-4-2-3-12(13)7-16(15)18/h5-10,23H,2-4,11H2,1H3. The molecular weight excluding hydrogens is 430 g/mol. The van der Waals surface area contributed by atoms with Gasteiger partial charge in [-0.3, -0.25) is 0 Å². The van der Waals surface area contributed by atoms with Crippen molar-refractivity contribution in [3.8, 4) is 0 Å². The van der Waals surface area contributed by atoms with Crippen LogP contribution in [0.3, 0.4) is 0 Å². The van der Waals surface area contributed by atoms with Gasteiger partial charge in [0.15, 0.2) is 0 Å². The number of ether oxygens (including phenoxy) is 1. The number of nitrogens with one attached hydrogen (secondary N) is 1. The Morgan fingerprint density at radius 2 is 1.90 bits per heavy atom. The van der Waals surface area contributed by atoms with Gasteiger partial charge in [-0.15, -0.1) is 0 Å². The van der Waals surface area contributed by atoms with Gasteiger partial charge >= 0.3 is 11.6 Å². The van der Waals surface area contributed by atoms with E-state index in [2.05, 4.69) is 4.72 Å². The molecule has 0 atom stereocenters. The summed E-state index contributed by atoms with van der Waals surface area (Å²) < 4.78 is 37.0. The van der Waals surface area contributed by atoms with Crippen LogP contribution in [0, 0.1) is 0 Å². The molecule has 0 spiro atoms. The molecule has 1 aliphatic rings. The van der Waals surface area contributed by atoms with Crippen molar-refractivity contribution >= 4 is 38.6 Å². The number of halogens is 1. The Morgan fingerprint density at radius 1 is 1.17 bits per heavy atom. The summed E-state index contributed by atoms with van der Waals surface area (Å²) in [5.74, 6) is -0.734. The SMILES string of the molecule is CNS(=O)(=O)c1cc(C(=O)OCc2cc(=O)oc3cc4c(cc23)CCC4)ccc1Cl. The molecule has 9 heteroatoms. The summed E-state index contributed by atoms with van der Waals surface area (Å²) in [6.07, 6.45) is 2.95. The van der Waals surface area contributed by atoms with Crippen molar-refractivity contribution in [2.24, 2.45) is 0 Å². The number of aryl methyl sites for hydroxylation is 2. The van der Waals surface area contributed by atoms with Gasteiger partial charge in [-0.1, -0.05) is 11.6 Å². The van der Waals surface area contributed by atoms with E-state index in [1.807, 2.05) is 12.1 Å². The first-order valence-electron chi connectivity index (χ1n) is 9.27. The van der Waals surface area contributed by atoms with E-state index in [9.17, 15) is 18.0 Å². The average molecular weight is 448 g/mol. The maximum Gasteiger partial charge on any atom is 0.338 e. The Morgan fingerprint density at radius 3 is 2.63 bits per heavy atom. The van der Waals surface area contributed by atoms with E-state index in [0.29, 0.717) is 11.1 Å². The summed E-state index contributed by atoms with van der Waals surface area (Å²) in [5, 5.41) is 0.707. The molecule has 0 radical (unpaired) electrons. The number of carbonyl (C=O) groups excluding carboxylic acids is 1. The molecule has 0 aliphatic heterocycles. The lowest BCUT2D eigenvalue weighted by atomic mass is 10.0. The lowest BCUT2D eigenvalue weighted by Gasteiger charge is -2.10. The second-order valence-electron chi connectivity index (χ2n) is 6.99. The van der Waals surface area contributed by atoms with Crippen molar-refractivity contribution in [1.82, 2.24) is 4.72 Å². The lowest BCUT2D eigenvalue weighted by Crippen LogP contribution is -2.19. The van der Waals surface area contributed by atoms with Gasteiger partial charge in [-0.25, -0.2) is 22.7 Å². The molecule has 1 aliphatic carbocycles. The second-order valence-corrected chi connectivity index (χ2v) is 9.25. The highest BCUT2D eigenvalue weighted by Crippen LogP contribution is 2.29. The minimum atomic E-state index is -3.84. The van der Waals surface area contributed by atoms with Crippen LogP contribution in [0.5, 0.6) is 0 Å². The first-order valence-corrected chi connectivity index (χ1v) is 11.1. The maximum atomic E-state index is 12.5. The first kappa shape index (κ1) is 20.6. The molecule has 30 heavy (non-hydrogen) atoms. The normalized spacial score (nSPS) is 13.4. The average Bonchev–Trinajstić information content (AvgIpc) is 3.17. The Labute approximate surface area is 177 Å². The summed E-state index contributed by atoms with van der Waals surface area (Å²) >= 11 is 5.95. The third-order valence-electron chi connectivity index (χ3n) is 5.13. The van der Waals surface area contributed by atoms with Gasteiger partial charge < -0.3 is 9.15 Å². The number of hydrogen-bond acceptors (Lipinski definition) is 6. The van der Waals surface area contributed by atoms with Crippen LogP contribution >= 0.6 is 11.6 Å². The van der Waals surface area contributed by atoms with E-state index >= 15 is 0 Å². The molecule has 2 aromatic carbocycles. The molecular formula is C21H18ClNO6S. The van der Waals surface area contributed by atoms with E-state index in [4.69, 9.17) is 20.8 Å². The molecule has 0 fully saturated rings. The van der Waals surface area contributed by atoms with E-state index in [-0.39, 0.29) is 22.1 Å². The van der Waals surface area contributed by atoms with Gasteiger partial charge in [0.25, 0.3) is 0 Å². The molecule has 1 heterocycles. The molecule has 0 unspecified atom stereocenters. The third-order valence-corrected chi connectivity index (χ3v) is 7.02. The Kier molecular flexibility index (Phi) is 5.40. The Hall–Kier alpha value is -2.68. The lowest BCUT2D eigenvalue weighted by molar-refractivity contribution is 0.0473. The molecule has 3 aromatic rings. The fourth-order valence-corrected chi connectivity index (χ4v) is 4.84. The van der Waals surface area contributed by atoms with Gasteiger partial charge in [-0.05, 0) is 67.8 Å². The Balaban J connectivity index is 1.63. The number of esters is 1. The van der Waals surface area contributed by atoms with Gasteiger partial charge in [-0.2, -0.15) is 0 Å². The molecule has 7 nitrogen and oxygen atoms in total. The zero-order valence-corrected chi connectivity index (χ0v) is 17.6. The van der Waals surface area contributed by atoms with Crippen LogP contribution in [0.4, 0.5) is 0 Å². The predicted molar refractivity (Wildman–Crippen MR) is 111 cm³/mol. The zero-order chi connectivity index (χ0) is 21.5. The summed E-state index contributed by atoms with van der Waals surface area (Å²) in [6.45, 7) is -0.156. The van der Waals surface area contributed by atoms with Crippen LogP contribution < -0.4 is 10.3 Å². The third kappa shape index (κ3) is 3.86. The molecule has 156 valence electrons. The quantitative estimate of drug-likeness (QED) is 0.476. The van der Waals surface area contributed by atoms with Crippen LogP contribution in [0.2, 0.25) is 5.02 Å². The molecule has 0 saturated heterocycles. The minimum Gasteiger partial charge on any atom is -0.457 e. The predicted octanol–water partition coefficient (Wildman–Crippen LogP) is 3.20. The van der Waals surface area contributed by atoms with Crippen molar-refractivity contribution in [1.29, 1.82) is 0 Å². The minimum absolute atomic E-state index is 0.0126. The number of rotatable bonds is 5. The molecule has 1 aromatic heterocycles. The monoisotopic (exact) mass is 447 g/mol. The fourth-order valence-electron chi connectivity index (χ4n) is 3.59. The van der Waals surface area contributed by atoms with E-state index in [1.54, 1.807) is 0 Å². The molecule has 0 saturated carbocycles. The maximum absolute atomic E-state index is 12.5. The van der Waals surface area contributed by atoms with Crippen molar-refractivity contribution in [3.05, 3.63) is 74.1 Å². The van der Waals surface area contributed by atoms with Crippen LogP contribution in [-0.4, -0.2) is 21.4 Å². The smallest absolute Gasteiger partial charge is 0.338 e. The Bertz CT molecular complexity index is 1330. The summed E-state index contributed by atoms with van der Waals surface area (Å²) in [7, 11) is -2.59. The topological polar surface area (TPSA) is 103 Å². The van der Waals surface area contributed by atoms with E-state index < -0.39 is 21.6 Å². The van der Waals surface area contributed by atoms with E-state index in [1.165, 1.54) is 36.4 Å². The molecule has 4 rings (SSSR count). The van der Waals surface area contributed by atoms with Crippen LogP contribution in [0.1, 0.15) is 33.5 Å². The van der Waals surface area contributed by atoms with Gasteiger partial charge in [0.2, 0.25) is 10.0 Å². The van der Waals surface area contributed by atoms with Gasteiger partial charge in [0.05, 0.1) is 10.6 Å². The fraction of sp³-hybridized carbons (Fsp3) is 0.238. The van der Waals surface area contributed by atoms with Gasteiger partial charge in [0, 0.05) is 17.0 Å². The number of hydrogen-bond donors (Lipinski definition) is 1. The van der Waals surface area contributed by atoms with Crippen molar-refractivity contribution in [2.75, 3.05) is 7.05 Å². The van der Waals surface area contributed by atoms with Crippen LogP contribution in [-0.2, 0) is 34.2 Å². The summed E-state index contributed by atoms with van der Waals surface area (Å²) in [5.41, 5.74) is 2.86. The largest absolute Gasteiger partial charge is 0.457 e. The van der Waals surface area contributed by atoms with Crippen LogP contribution in [0.15, 0.2) is 50.5 Å². The zero-order valence-electron chi connectivity index (χ0n) is 16.0. The summed E-state index contributed by atoms with van der Waals surface area (Å²) in [6, 6.07) is 9.00. The number of sulfonamides is 1.